The summed E-state index contributed by atoms with van der Waals surface area (Å²) in [6, 6.07) is 17.6. The summed E-state index contributed by atoms with van der Waals surface area (Å²) in [6.45, 7) is 8.72. The van der Waals surface area contributed by atoms with E-state index in [-0.39, 0.29) is 19.1 Å². The standard InChI is InChI=1S/C28H39N3O5/c1-7-35-27(34)24(19-18-22-14-10-8-11-15-22)29-21(2)26(33)31(20-25(32)36-28(3,4)5)30(6)23-16-12-9-13-17-23/h8-17,21,24,29H,7,18-20H2,1-6H3/t21-,24-/m0/s1. The quantitative estimate of drug-likeness (QED) is 0.353. The number of benzene rings is 2. The molecule has 0 bridgehead atoms. The fourth-order valence-corrected chi connectivity index (χ4v) is 3.68. The van der Waals surface area contributed by atoms with Crippen LogP contribution in [0.2, 0.25) is 0 Å². The maximum absolute atomic E-state index is 13.6. The minimum Gasteiger partial charge on any atom is -0.465 e. The number of hydrogen-bond acceptors (Lipinski definition) is 7. The van der Waals surface area contributed by atoms with E-state index in [0.717, 1.165) is 11.3 Å². The van der Waals surface area contributed by atoms with Crippen LogP contribution in [0, 0.1) is 0 Å². The zero-order chi connectivity index (χ0) is 26.7. The molecule has 2 aromatic carbocycles. The molecule has 0 aromatic heterocycles. The van der Waals surface area contributed by atoms with Crippen LogP contribution in [0.3, 0.4) is 0 Å². The molecule has 0 aliphatic rings. The second kappa shape index (κ2) is 13.6. The Morgan fingerprint density at radius 1 is 0.972 bits per heavy atom. The molecule has 1 N–H and O–H groups in total. The summed E-state index contributed by atoms with van der Waals surface area (Å²) in [5.41, 5.74) is 1.13. The molecule has 0 aliphatic heterocycles. The number of nitrogens with zero attached hydrogens (tertiary/aromatic N) is 2. The van der Waals surface area contributed by atoms with Crippen molar-refractivity contribution in [1.29, 1.82) is 0 Å². The molecule has 0 saturated carbocycles. The molecule has 36 heavy (non-hydrogen) atoms. The number of para-hydroxylation sites is 1. The average Bonchev–Trinajstić information content (AvgIpc) is 2.84. The predicted molar refractivity (Wildman–Crippen MR) is 140 cm³/mol. The van der Waals surface area contributed by atoms with E-state index in [9.17, 15) is 14.4 Å². The van der Waals surface area contributed by atoms with Crippen molar-refractivity contribution < 1.29 is 23.9 Å². The first-order valence-corrected chi connectivity index (χ1v) is 12.3. The summed E-state index contributed by atoms with van der Waals surface area (Å²) in [5, 5.41) is 6.09. The van der Waals surface area contributed by atoms with Crippen LogP contribution < -0.4 is 10.3 Å². The van der Waals surface area contributed by atoms with E-state index in [0.29, 0.717) is 12.8 Å². The minimum atomic E-state index is -0.774. The molecule has 2 atom stereocenters. The highest BCUT2D eigenvalue weighted by molar-refractivity contribution is 5.88. The van der Waals surface area contributed by atoms with E-state index < -0.39 is 29.6 Å². The zero-order valence-electron chi connectivity index (χ0n) is 22.2. The second-order valence-electron chi connectivity index (χ2n) is 9.56. The number of carbonyl (C=O) groups is 3. The van der Waals surface area contributed by atoms with Crippen molar-refractivity contribution in [1.82, 2.24) is 10.3 Å². The number of nitrogens with one attached hydrogen (secondary N) is 1. The molecular weight excluding hydrogens is 458 g/mol. The van der Waals surface area contributed by atoms with Gasteiger partial charge in [0, 0.05) is 7.05 Å². The number of carbonyl (C=O) groups excluding carboxylic acids is 3. The molecule has 0 unspecified atom stereocenters. The number of esters is 2. The SMILES string of the molecule is CCOC(=O)[C@H](CCc1ccccc1)N[C@@H](C)C(=O)N(CC(=O)OC(C)(C)C)N(C)c1ccccc1. The summed E-state index contributed by atoms with van der Waals surface area (Å²) >= 11 is 0. The van der Waals surface area contributed by atoms with Crippen LogP contribution >= 0.6 is 0 Å². The van der Waals surface area contributed by atoms with Crippen molar-refractivity contribution >= 4 is 23.5 Å². The van der Waals surface area contributed by atoms with Gasteiger partial charge in [0.15, 0.2) is 0 Å². The third kappa shape index (κ3) is 9.34. The highest BCUT2D eigenvalue weighted by Crippen LogP contribution is 2.17. The van der Waals surface area contributed by atoms with E-state index >= 15 is 0 Å². The number of rotatable bonds is 12. The lowest BCUT2D eigenvalue weighted by molar-refractivity contribution is -0.159. The highest BCUT2D eigenvalue weighted by atomic mass is 16.6. The van der Waals surface area contributed by atoms with E-state index in [1.807, 2.05) is 60.7 Å². The van der Waals surface area contributed by atoms with E-state index in [2.05, 4.69) is 5.32 Å². The first-order chi connectivity index (χ1) is 17.0. The molecule has 1 amide bonds. The van der Waals surface area contributed by atoms with Crippen molar-refractivity contribution in [3.8, 4) is 0 Å². The average molecular weight is 498 g/mol. The molecule has 8 heteroatoms. The second-order valence-corrected chi connectivity index (χ2v) is 9.56. The molecule has 0 aliphatic carbocycles. The van der Waals surface area contributed by atoms with Gasteiger partial charge in [0.25, 0.3) is 5.91 Å². The maximum atomic E-state index is 13.6. The smallest absolute Gasteiger partial charge is 0.328 e. The number of hydrazine groups is 1. The number of ether oxygens (including phenoxy) is 2. The monoisotopic (exact) mass is 497 g/mol. The Morgan fingerprint density at radius 3 is 2.11 bits per heavy atom. The number of aryl methyl sites for hydroxylation is 1. The zero-order valence-corrected chi connectivity index (χ0v) is 22.2. The van der Waals surface area contributed by atoms with Gasteiger partial charge in [0.2, 0.25) is 0 Å². The lowest BCUT2D eigenvalue weighted by Gasteiger charge is -2.36. The Labute approximate surface area is 214 Å². The molecule has 8 nitrogen and oxygen atoms in total. The van der Waals surface area contributed by atoms with Crippen molar-refractivity contribution in [3.63, 3.8) is 0 Å². The van der Waals surface area contributed by atoms with Gasteiger partial charge in [-0.05, 0) is 65.2 Å². The van der Waals surface area contributed by atoms with E-state index in [1.54, 1.807) is 46.7 Å². The van der Waals surface area contributed by atoms with Crippen molar-refractivity contribution in [3.05, 3.63) is 66.2 Å². The Morgan fingerprint density at radius 2 is 1.56 bits per heavy atom. The number of hydrogen-bond donors (Lipinski definition) is 1. The van der Waals surface area contributed by atoms with Gasteiger partial charge in [-0.25, -0.2) is 5.01 Å². The summed E-state index contributed by atoms with van der Waals surface area (Å²) in [4.78, 5) is 39.0. The van der Waals surface area contributed by atoms with E-state index in [1.165, 1.54) is 5.01 Å². The fourth-order valence-electron chi connectivity index (χ4n) is 3.68. The van der Waals surface area contributed by atoms with Crippen LogP contribution in [-0.4, -0.2) is 60.7 Å². The normalized spacial score (nSPS) is 12.8. The van der Waals surface area contributed by atoms with E-state index in [4.69, 9.17) is 9.47 Å². The molecule has 196 valence electrons. The van der Waals surface area contributed by atoms with Gasteiger partial charge < -0.3 is 9.47 Å². The molecule has 0 spiro atoms. The Hall–Kier alpha value is -3.39. The van der Waals surface area contributed by atoms with Crippen LogP contribution in [0.25, 0.3) is 0 Å². The van der Waals surface area contributed by atoms with Crippen LogP contribution in [0.4, 0.5) is 5.69 Å². The maximum Gasteiger partial charge on any atom is 0.328 e. The van der Waals surface area contributed by atoms with Crippen LogP contribution in [0.1, 0.15) is 46.6 Å². The van der Waals surface area contributed by atoms with Crippen LogP contribution in [0.5, 0.6) is 0 Å². The third-order valence-electron chi connectivity index (χ3n) is 5.40. The first-order valence-electron chi connectivity index (χ1n) is 12.3. The van der Waals surface area contributed by atoms with Gasteiger partial charge in [0.1, 0.15) is 18.2 Å². The highest BCUT2D eigenvalue weighted by Gasteiger charge is 2.31. The van der Waals surface area contributed by atoms with Crippen molar-refractivity contribution in [2.75, 3.05) is 25.2 Å². The van der Waals surface area contributed by atoms with Gasteiger partial charge in [-0.3, -0.25) is 24.7 Å². The Bertz CT molecular complexity index is 976. The molecule has 2 aromatic rings. The summed E-state index contributed by atoms with van der Waals surface area (Å²) in [5.74, 6) is -1.32. The van der Waals surface area contributed by atoms with Gasteiger partial charge >= 0.3 is 11.9 Å². The predicted octanol–water partition coefficient (Wildman–Crippen LogP) is 3.75. The van der Waals surface area contributed by atoms with Crippen molar-refractivity contribution in [2.24, 2.45) is 0 Å². The summed E-state index contributed by atoms with van der Waals surface area (Å²) < 4.78 is 10.7. The lowest BCUT2D eigenvalue weighted by atomic mass is 10.0. The molecule has 2 rings (SSSR count). The first kappa shape index (κ1) is 28.8. The van der Waals surface area contributed by atoms with Gasteiger partial charge in [0.05, 0.1) is 18.3 Å². The van der Waals surface area contributed by atoms with Gasteiger partial charge in [-0.1, -0.05) is 48.5 Å². The minimum absolute atomic E-state index is 0.242. The number of amides is 1. The van der Waals surface area contributed by atoms with Crippen LogP contribution in [-0.2, 0) is 30.3 Å². The third-order valence-corrected chi connectivity index (χ3v) is 5.40. The molecule has 0 radical (unpaired) electrons. The van der Waals surface area contributed by atoms with Crippen LogP contribution in [0.15, 0.2) is 60.7 Å². The topological polar surface area (TPSA) is 88.2 Å². The molecule has 0 saturated heterocycles. The fraction of sp³-hybridized carbons (Fsp3) is 0.464. The number of anilines is 1. The van der Waals surface area contributed by atoms with Gasteiger partial charge in [-0.2, -0.15) is 0 Å². The Balaban J connectivity index is 2.21. The molecular formula is C28H39N3O5. The van der Waals surface area contributed by atoms with Crippen molar-refractivity contribution in [2.45, 2.75) is 65.1 Å². The molecule has 0 heterocycles. The Kier molecular flexibility index (Phi) is 10.9. The van der Waals surface area contributed by atoms with Gasteiger partial charge in [-0.15, -0.1) is 0 Å². The summed E-state index contributed by atoms with van der Waals surface area (Å²) in [7, 11) is 1.71. The summed E-state index contributed by atoms with van der Waals surface area (Å²) in [6.07, 6.45) is 1.10. The largest absolute Gasteiger partial charge is 0.465 e. The lowest BCUT2D eigenvalue weighted by Crippen LogP contribution is -2.56. The molecule has 0 fully saturated rings.